The first-order valence-electron chi connectivity index (χ1n) is 15.2. The Bertz CT molecular complexity index is 1970. The average molecular weight is 562 g/mol. The molecule has 0 aliphatic heterocycles. The molecule has 0 saturated heterocycles. The maximum atomic E-state index is 3.82. The van der Waals surface area contributed by atoms with E-state index >= 15 is 0 Å². The summed E-state index contributed by atoms with van der Waals surface area (Å²) < 4.78 is 0. The highest BCUT2D eigenvalue weighted by Crippen LogP contribution is 2.56. The minimum atomic E-state index is -0.423. The van der Waals surface area contributed by atoms with Gasteiger partial charge in [-0.25, -0.2) is 0 Å². The lowest BCUT2D eigenvalue weighted by Gasteiger charge is -2.34. The van der Waals surface area contributed by atoms with E-state index in [0.717, 1.165) is 11.4 Å². The first-order chi connectivity index (χ1) is 21.8. The van der Waals surface area contributed by atoms with Gasteiger partial charge in [-0.2, -0.15) is 0 Å². The van der Waals surface area contributed by atoms with Gasteiger partial charge < -0.3 is 5.32 Å². The predicted octanol–water partition coefficient (Wildman–Crippen LogP) is 11.1. The minimum absolute atomic E-state index is 0.423. The number of benzene rings is 7. The molecule has 1 nitrogen and oxygen atoms in total. The van der Waals surface area contributed by atoms with Crippen LogP contribution in [-0.4, -0.2) is 0 Å². The van der Waals surface area contributed by atoms with Crippen LogP contribution >= 0.6 is 0 Å². The Balaban J connectivity index is 1.31. The number of rotatable bonds is 6. The SMILES string of the molecule is c1ccc(-c2cc(Nc3ccc4c(c3)C(c3ccccc3)(c3ccccc3)c3ccccc3-4)cc(-c3ccccc3)c2)cc1. The van der Waals surface area contributed by atoms with Crippen molar-refractivity contribution in [1.29, 1.82) is 0 Å². The van der Waals surface area contributed by atoms with Crippen LogP contribution in [0.15, 0.2) is 182 Å². The molecule has 1 aliphatic rings. The summed E-state index contributed by atoms with van der Waals surface area (Å²) in [5, 5.41) is 3.82. The van der Waals surface area contributed by atoms with E-state index in [1.807, 2.05) is 0 Å². The van der Waals surface area contributed by atoms with Crippen LogP contribution in [0, 0.1) is 0 Å². The standard InChI is InChI=1S/C43H31N/c1-5-15-31(16-6-1)33-27-34(32-17-7-2-8-18-32)29-38(28-33)44-37-25-26-40-39-23-13-14-24-41(39)43(42(40)30-37,35-19-9-3-10-20-35)36-21-11-4-12-22-36/h1-30,44H. The highest BCUT2D eigenvalue weighted by Gasteiger charge is 2.46. The molecule has 1 N–H and O–H groups in total. The number of anilines is 2. The summed E-state index contributed by atoms with van der Waals surface area (Å²) in [7, 11) is 0. The molecule has 0 fully saturated rings. The van der Waals surface area contributed by atoms with Gasteiger partial charge in [0.05, 0.1) is 5.41 Å². The van der Waals surface area contributed by atoms with Crippen LogP contribution in [0.25, 0.3) is 33.4 Å². The third kappa shape index (κ3) is 4.33. The number of nitrogens with one attached hydrogen (secondary N) is 1. The van der Waals surface area contributed by atoms with E-state index in [2.05, 4.69) is 187 Å². The highest BCUT2D eigenvalue weighted by molar-refractivity contribution is 5.88. The maximum Gasteiger partial charge on any atom is 0.0714 e. The van der Waals surface area contributed by atoms with Crippen molar-refractivity contribution in [3.63, 3.8) is 0 Å². The lowest BCUT2D eigenvalue weighted by atomic mass is 9.67. The van der Waals surface area contributed by atoms with Crippen molar-refractivity contribution >= 4 is 11.4 Å². The Labute approximate surface area is 259 Å². The Kier molecular flexibility index (Phi) is 6.43. The van der Waals surface area contributed by atoms with Crippen molar-refractivity contribution < 1.29 is 0 Å². The van der Waals surface area contributed by atoms with Crippen molar-refractivity contribution in [3.8, 4) is 33.4 Å². The topological polar surface area (TPSA) is 12.0 Å². The smallest absolute Gasteiger partial charge is 0.0714 e. The second kappa shape index (κ2) is 10.9. The Morgan fingerprint density at radius 1 is 0.318 bits per heavy atom. The van der Waals surface area contributed by atoms with Crippen molar-refractivity contribution in [2.45, 2.75) is 5.41 Å². The van der Waals surface area contributed by atoms with Crippen LogP contribution in [0.4, 0.5) is 11.4 Å². The summed E-state index contributed by atoms with van der Waals surface area (Å²) in [5.74, 6) is 0. The van der Waals surface area contributed by atoms with Crippen LogP contribution in [0.2, 0.25) is 0 Å². The number of hydrogen-bond acceptors (Lipinski definition) is 1. The summed E-state index contributed by atoms with van der Waals surface area (Å²) in [6.45, 7) is 0. The molecule has 7 aromatic carbocycles. The molecule has 0 heterocycles. The normalized spacial score (nSPS) is 12.7. The van der Waals surface area contributed by atoms with Crippen LogP contribution < -0.4 is 5.32 Å². The van der Waals surface area contributed by atoms with Gasteiger partial charge in [-0.05, 0) is 86.0 Å². The molecule has 0 saturated carbocycles. The second-order valence-corrected chi connectivity index (χ2v) is 11.4. The Morgan fingerprint density at radius 3 is 1.36 bits per heavy atom. The van der Waals surface area contributed by atoms with Crippen LogP contribution in [-0.2, 0) is 5.41 Å². The van der Waals surface area contributed by atoms with Gasteiger partial charge in [0.15, 0.2) is 0 Å². The van der Waals surface area contributed by atoms with Crippen LogP contribution in [0.3, 0.4) is 0 Å². The molecule has 0 unspecified atom stereocenters. The van der Waals surface area contributed by atoms with E-state index in [1.165, 1.54) is 55.6 Å². The zero-order valence-corrected chi connectivity index (χ0v) is 24.3. The van der Waals surface area contributed by atoms with Gasteiger partial charge in [-0.3, -0.25) is 0 Å². The van der Waals surface area contributed by atoms with Gasteiger partial charge in [-0.1, -0.05) is 152 Å². The molecule has 1 heteroatoms. The van der Waals surface area contributed by atoms with E-state index in [0.29, 0.717) is 0 Å². The summed E-state index contributed by atoms with van der Waals surface area (Å²) in [6.07, 6.45) is 0. The number of fused-ring (bicyclic) bond motifs is 3. The van der Waals surface area contributed by atoms with Gasteiger partial charge in [-0.15, -0.1) is 0 Å². The molecule has 7 aromatic rings. The molecule has 208 valence electrons. The molecule has 1 aliphatic carbocycles. The third-order valence-corrected chi connectivity index (χ3v) is 8.89. The van der Waals surface area contributed by atoms with Gasteiger partial charge >= 0.3 is 0 Å². The van der Waals surface area contributed by atoms with Crippen molar-refractivity contribution in [2.24, 2.45) is 0 Å². The molecule has 0 bridgehead atoms. The van der Waals surface area contributed by atoms with E-state index in [1.54, 1.807) is 0 Å². The summed E-state index contributed by atoms with van der Waals surface area (Å²) in [6, 6.07) is 65.7. The van der Waals surface area contributed by atoms with Crippen LogP contribution in [0.5, 0.6) is 0 Å². The second-order valence-electron chi connectivity index (χ2n) is 11.4. The molecule has 0 radical (unpaired) electrons. The molecular formula is C43H31N. The lowest BCUT2D eigenvalue weighted by Crippen LogP contribution is -2.28. The van der Waals surface area contributed by atoms with Crippen molar-refractivity contribution in [3.05, 3.63) is 204 Å². The first-order valence-corrected chi connectivity index (χ1v) is 15.2. The Hall–Kier alpha value is -5.66. The van der Waals surface area contributed by atoms with Crippen LogP contribution in [0.1, 0.15) is 22.3 Å². The molecule has 8 rings (SSSR count). The van der Waals surface area contributed by atoms with Gasteiger partial charge in [0.25, 0.3) is 0 Å². The van der Waals surface area contributed by atoms with Crippen molar-refractivity contribution in [2.75, 3.05) is 5.32 Å². The average Bonchev–Trinajstić information content (AvgIpc) is 3.40. The fourth-order valence-corrected chi connectivity index (χ4v) is 6.98. The highest BCUT2D eigenvalue weighted by atomic mass is 14.9. The largest absolute Gasteiger partial charge is 0.355 e. The van der Waals surface area contributed by atoms with E-state index in [4.69, 9.17) is 0 Å². The number of hydrogen-bond donors (Lipinski definition) is 1. The molecule has 0 atom stereocenters. The zero-order chi connectivity index (χ0) is 29.3. The summed E-state index contributed by atoms with van der Waals surface area (Å²) in [5.41, 5.74) is 14.2. The molecule has 0 amide bonds. The maximum absolute atomic E-state index is 3.82. The van der Waals surface area contributed by atoms with Gasteiger partial charge in [0, 0.05) is 11.4 Å². The van der Waals surface area contributed by atoms with E-state index in [-0.39, 0.29) is 0 Å². The zero-order valence-electron chi connectivity index (χ0n) is 24.3. The lowest BCUT2D eigenvalue weighted by molar-refractivity contribution is 0.769. The molecule has 0 aromatic heterocycles. The predicted molar refractivity (Wildman–Crippen MR) is 184 cm³/mol. The Morgan fingerprint density at radius 2 is 0.795 bits per heavy atom. The van der Waals surface area contributed by atoms with E-state index < -0.39 is 5.41 Å². The van der Waals surface area contributed by atoms with Gasteiger partial charge in [0.1, 0.15) is 0 Å². The van der Waals surface area contributed by atoms with E-state index in [9.17, 15) is 0 Å². The first kappa shape index (κ1) is 26.0. The third-order valence-electron chi connectivity index (χ3n) is 8.89. The summed E-state index contributed by atoms with van der Waals surface area (Å²) in [4.78, 5) is 0. The summed E-state index contributed by atoms with van der Waals surface area (Å²) >= 11 is 0. The monoisotopic (exact) mass is 561 g/mol. The van der Waals surface area contributed by atoms with Gasteiger partial charge in [0.2, 0.25) is 0 Å². The molecule has 0 spiro atoms. The fraction of sp³-hybridized carbons (Fsp3) is 0.0233. The minimum Gasteiger partial charge on any atom is -0.355 e. The van der Waals surface area contributed by atoms with Crippen molar-refractivity contribution in [1.82, 2.24) is 0 Å². The molecular weight excluding hydrogens is 530 g/mol. The fourth-order valence-electron chi connectivity index (χ4n) is 6.98. The quantitative estimate of drug-likeness (QED) is 0.213. The molecule has 44 heavy (non-hydrogen) atoms.